The van der Waals surface area contributed by atoms with Gasteiger partial charge in [0.05, 0.1) is 13.2 Å². The first kappa shape index (κ1) is 15.5. The van der Waals surface area contributed by atoms with E-state index in [-0.39, 0.29) is 5.92 Å². The number of hydrogen-bond acceptors (Lipinski definition) is 3. The van der Waals surface area contributed by atoms with Gasteiger partial charge in [0.15, 0.2) is 0 Å². The molecule has 0 saturated carbocycles. The van der Waals surface area contributed by atoms with Crippen LogP contribution in [0.25, 0.3) is 0 Å². The highest BCUT2D eigenvalue weighted by Gasteiger charge is 2.21. The van der Waals surface area contributed by atoms with Crippen molar-refractivity contribution in [1.29, 1.82) is 0 Å². The van der Waals surface area contributed by atoms with Crippen LogP contribution < -0.4 is 10.5 Å². The highest BCUT2D eigenvalue weighted by molar-refractivity contribution is 5.35. The first-order chi connectivity index (χ1) is 10.1. The maximum absolute atomic E-state index is 10.7. The standard InChI is InChI=1S/C18H23NO2/c1-12-4-5-15(10-13(12)2)18(20)17(11-19)14-6-8-16(21-3)9-7-14/h4-10,17-18,20H,11,19H2,1-3H3. The van der Waals surface area contributed by atoms with Crippen molar-refractivity contribution in [2.24, 2.45) is 5.73 Å². The second kappa shape index (κ2) is 6.74. The number of hydrogen-bond donors (Lipinski definition) is 2. The third-order valence-corrected chi connectivity index (χ3v) is 4.05. The Balaban J connectivity index is 2.28. The maximum Gasteiger partial charge on any atom is 0.118 e. The van der Waals surface area contributed by atoms with E-state index >= 15 is 0 Å². The predicted octanol–water partition coefficient (Wildman–Crippen LogP) is 3.09. The second-order valence-electron chi connectivity index (χ2n) is 5.40. The number of nitrogens with two attached hydrogens (primary N) is 1. The van der Waals surface area contributed by atoms with E-state index in [1.165, 1.54) is 11.1 Å². The zero-order chi connectivity index (χ0) is 15.4. The molecule has 0 radical (unpaired) electrons. The van der Waals surface area contributed by atoms with Gasteiger partial charge in [0.25, 0.3) is 0 Å². The van der Waals surface area contributed by atoms with E-state index in [4.69, 9.17) is 10.5 Å². The zero-order valence-corrected chi connectivity index (χ0v) is 12.8. The topological polar surface area (TPSA) is 55.5 Å². The van der Waals surface area contributed by atoms with Crippen molar-refractivity contribution < 1.29 is 9.84 Å². The molecule has 0 saturated heterocycles. The molecule has 2 aromatic carbocycles. The lowest BCUT2D eigenvalue weighted by atomic mass is 9.88. The fourth-order valence-corrected chi connectivity index (χ4v) is 2.48. The fraction of sp³-hybridized carbons (Fsp3) is 0.333. The molecular weight excluding hydrogens is 262 g/mol. The van der Waals surface area contributed by atoms with E-state index < -0.39 is 6.10 Å². The molecule has 0 aromatic heterocycles. The Bertz CT molecular complexity index is 593. The normalized spacial score (nSPS) is 13.8. The largest absolute Gasteiger partial charge is 0.497 e. The summed E-state index contributed by atoms with van der Waals surface area (Å²) in [4.78, 5) is 0. The smallest absolute Gasteiger partial charge is 0.118 e. The lowest BCUT2D eigenvalue weighted by molar-refractivity contribution is 0.147. The van der Waals surface area contributed by atoms with Crippen molar-refractivity contribution in [2.75, 3.05) is 13.7 Å². The monoisotopic (exact) mass is 285 g/mol. The third-order valence-electron chi connectivity index (χ3n) is 4.05. The first-order valence-corrected chi connectivity index (χ1v) is 7.16. The van der Waals surface area contributed by atoms with Crippen LogP contribution in [-0.2, 0) is 0 Å². The molecule has 0 aliphatic heterocycles. The summed E-state index contributed by atoms with van der Waals surface area (Å²) in [6.07, 6.45) is -0.609. The molecule has 0 heterocycles. The lowest BCUT2D eigenvalue weighted by Gasteiger charge is -2.23. The molecule has 2 rings (SSSR count). The molecular formula is C18H23NO2. The maximum atomic E-state index is 10.7. The van der Waals surface area contributed by atoms with Crippen LogP contribution in [0.5, 0.6) is 5.75 Å². The minimum Gasteiger partial charge on any atom is -0.497 e. The van der Waals surface area contributed by atoms with Gasteiger partial charge in [0.2, 0.25) is 0 Å². The molecule has 112 valence electrons. The van der Waals surface area contributed by atoms with E-state index in [2.05, 4.69) is 13.8 Å². The Kier molecular flexibility index (Phi) is 4.99. The first-order valence-electron chi connectivity index (χ1n) is 7.16. The van der Waals surface area contributed by atoms with Crippen LogP contribution in [0.15, 0.2) is 42.5 Å². The molecule has 0 aliphatic rings. The van der Waals surface area contributed by atoms with Gasteiger partial charge in [0, 0.05) is 12.5 Å². The van der Waals surface area contributed by atoms with E-state index in [1.807, 2.05) is 42.5 Å². The predicted molar refractivity (Wildman–Crippen MR) is 85.7 cm³/mol. The average Bonchev–Trinajstić information content (AvgIpc) is 2.51. The second-order valence-corrected chi connectivity index (χ2v) is 5.40. The van der Waals surface area contributed by atoms with Crippen LogP contribution in [0.2, 0.25) is 0 Å². The molecule has 21 heavy (non-hydrogen) atoms. The van der Waals surface area contributed by atoms with E-state index in [0.29, 0.717) is 6.54 Å². The zero-order valence-electron chi connectivity index (χ0n) is 12.8. The van der Waals surface area contributed by atoms with Crippen LogP contribution in [0.4, 0.5) is 0 Å². The van der Waals surface area contributed by atoms with Crippen molar-refractivity contribution in [3.8, 4) is 5.75 Å². The molecule has 2 unspecified atom stereocenters. The molecule has 0 aliphatic carbocycles. The summed E-state index contributed by atoms with van der Waals surface area (Å²) in [6.45, 7) is 4.51. The van der Waals surface area contributed by atoms with Gasteiger partial charge < -0.3 is 15.6 Å². The number of aryl methyl sites for hydroxylation is 2. The minimum absolute atomic E-state index is 0.127. The van der Waals surface area contributed by atoms with Crippen molar-refractivity contribution in [1.82, 2.24) is 0 Å². The summed E-state index contributed by atoms with van der Waals surface area (Å²) in [7, 11) is 1.64. The van der Waals surface area contributed by atoms with Gasteiger partial charge >= 0.3 is 0 Å². The van der Waals surface area contributed by atoms with Crippen LogP contribution in [0.1, 0.15) is 34.3 Å². The SMILES string of the molecule is COc1ccc(C(CN)C(O)c2ccc(C)c(C)c2)cc1. The van der Waals surface area contributed by atoms with Gasteiger partial charge in [0.1, 0.15) is 5.75 Å². The van der Waals surface area contributed by atoms with Crippen molar-refractivity contribution in [3.63, 3.8) is 0 Å². The minimum atomic E-state index is -0.609. The van der Waals surface area contributed by atoms with Crippen molar-refractivity contribution in [2.45, 2.75) is 25.9 Å². The number of aliphatic hydroxyl groups is 1. The lowest BCUT2D eigenvalue weighted by Crippen LogP contribution is -2.20. The molecule has 0 fully saturated rings. The summed E-state index contributed by atoms with van der Waals surface area (Å²) < 4.78 is 5.16. The van der Waals surface area contributed by atoms with Crippen LogP contribution in [0.3, 0.4) is 0 Å². The molecule has 3 N–H and O–H groups in total. The summed E-state index contributed by atoms with van der Waals surface area (Å²) in [5, 5.41) is 10.7. The van der Waals surface area contributed by atoms with Gasteiger partial charge in [-0.1, -0.05) is 30.3 Å². The number of methoxy groups -OCH3 is 1. The quantitative estimate of drug-likeness (QED) is 0.887. The summed E-state index contributed by atoms with van der Waals surface area (Å²) >= 11 is 0. The van der Waals surface area contributed by atoms with Crippen molar-refractivity contribution >= 4 is 0 Å². The fourth-order valence-electron chi connectivity index (χ4n) is 2.48. The Morgan fingerprint density at radius 2 is 1.62 bits per heavy atom. The summed E-state index contributed by atoms with van der Waals surface area (Å²) in [6, 6.07) is 13.7. The molecule has 0 bridgehead atoms. The summed E-state index contributed by atoms with van der Waals surface area (Å²) in [5.74, 6) is 0.674. The van der Waals surface area contributed by atoms with Gasteiger partial charge in [-0.2, -0.15) is 0 Å². The molecule has 3 nitrogen and oxygen atoms in total. The average molecular weight is 285 g/mol. The molecule has 2 atom stereocenters. The molecule has 0 spiro atoms. The van der Waals surface area contributed by atoms with E-state index in [0.717, 1.165) is 16.9 Å². The molecule has 2 aromatic rings. The highest BCUT2D eigenvalue weighted by Crippen LogP contribution is 2.31. The molecule has 0 amide bonds. The van der Waals surface area contributed by atoms with Gasteiger partial charge in [-0.25, -0.2) is 0 Å². The number of aliphatic hydroxyl groups excluding tert-OH is 1. The van der Waals surface area contributed by atoms with Gasteiger partial charge in [-0.05, 0) is 48.2 Å². The highest BCUT2D eigenvalue weighted by atomic mass is 16.5. The van der Waals surface area contributed by atoms with Gasteiger partial charge in [-0.15, -0.1) is 0 Å². The van der Waals surface area contributed by atoms with Gasteiger partial charge in [-0.3, -0.25) is 0 Å². The number of benzene rings is 2. The van der Waals surface area contributed by atoms with Crippen LogP contribution in [-0.4, -0.2) is 18.8 Å². The Labute approximate surface area is 126 Å². The van der Waals surface area contributed by atoms with Crippen LogP contribution in [0, 0.1) is 13.8 Å². The van der Waals surface area contributed by atoms with Crippen molar-refractivity contribution in [3.05, 3.63) is 64.7 Å². The van der Waals surface area contributed by atoms with Crippen LogP contribution >= 0.6 is 0 Å². The Morgan fingerprint density at radius 3 is 2.14 bits per heavy atom. The van der Waals surface area contributed by atoms with E-state index in [9.17, 15) is 5.11 Å². The number of ether oxygens (including phenoxy) is 1. The summed E-state index contributed by atoms with van der Waals surface area (Å²) in [5.41, 5.74) is 10.2. The Hall–Kier alpha value is -1.84. The third kappa shape index (κ3) is 3.43. The molecule has 3 heteroatoms. The van der Waals surface area contributed by atoms with E-state index in [1.54, 1.807) is 7.11 Å². The number of rotatable bonds is 5. The Morgan fingerprint density at radius 1 is 1.00 bits per heavy atom.